The number of thiazole rings is 1. The van der Waals surface area contributed by atoms with Gasteiger partial charge >= 0.3 is 0 Å². The molecule has 0 fully saturated rings. The molecule has 2 aromatic carbocycles. The van der Waals surface area contributed by atoms with Crippen molar-refractivity contribution in [3.63, 3.8) is 0 Å². The van der Waals surface area contributed by atoms with Crippen molar-refractivity contribution in [2.75, 3.05) is 5.43 Å². The van der Waals surface area contributed by atoms with E-state index in [-0.39, 0.29) is 11.8 Å². The number of benzene rings is 2. The first-order chi connectivity index (χ1) is 12.2. The van der Waals surface area contributed by atoms with Crippen LogP contribution in [0.2, 0.25) is 0 Å². The summed E-state index contributed by atoms with van der Waals surface area (Å²) in [4.78, 5) is 21.8. The maximum Gasteiger partial charge on any atom is 0.246 e. The van der Waals surface area contributed by atoms with Crippen LogP contribution < -0.4 is 5.43 Å². The average Bonchev–Trinajstić information content (AvgIpc) is 3.30. The van der Waals surface area contributed by atoms with Crippen LogP contribution in [0.5, 0.6) is 0 Å². The van der Waals surface area contributed by atoms with Crippen molar-refractivity contribution in [2.24, 2.45) is 0 Å². The van der Waals surface area contributed by atoms with Crippen molar-refractivity contribution in [3.8, 4) is 11.5 Å². The first-order valence-corrected chi connectivity index (χ1v) is 8.90. The van der Waals surface area contributed by atoms with Crippen molar-refractivity contribution < 1.29 is 4.79 Å². The van der Waals surface area contributed by atoms with Crippen LogP contribution >= 0.6 is 11.3 Å². The molecule has 0 aliphatic heterocycles. The molecule has 2 aromatic heterocycles. The van der Waals surface area contributed by atoms with Gasteiger partial charge in [0.1, 0.15) is 5.69 Å². The lowest BCUT2D eigenvalue weighted by Gasteiger charge is -2.15. The summed E-state index contributed by atoms with van der Waals surface area (Å²) in [6.07, 6.45) is 0. The third-order valence-corrected chi connectivity index (χ3v) is 4.72. The number of para-hydroxylation sites is 2. The van der Waals surface area contributed by atoms with E-state index >= 15 is 0 Å². The zero-order valence-corrected chi connectivity index (χ0v) is 14.4. The molecule has 0 saturated heterocycles. The Morgan fingerprint density at radius 3 is 2.64 bits per heavy atom. The van der Waals surface area contributed by atoms with Crippen LogP contribution in [-0.4, -0.2) is 20.6 Å². The largest absolute Gasteiger partial charge is 0.273 e. The predicted molar refractivity (Wildman–Crippen MR) is 100 cm³/mol. The van der Waals surface area contributed by atoms with Crippen LogP contribution in [0.1, 0.15) is 18.4 Å². The topological polar surface area (TPSA) is 59.8 Å². The fraction of sp³-hybridized carbons (Fsp3) is 0.105. The van der Waals surface area contributed by atoms with Crippen LogP contribution in [0.25, 0.3) is 22.6 Å². The minimum absolute atomic E-state index is 0.0918. The Bertz CT molecular complexity index is 1010. The fourth-order valence-electron chi connectivity index (χ4n) is 2.73. The lowest BCUT2D eigenvalue weighted by atomic mass is 10.0. The summed E-state index contributed by atoms with van der Waals surface area (Å²) in [5.74, 6) is 0.271. The maximum atomic E-state index is 12.8. The number of fused-ring (bicyclic) bond motifs is 1. The minimum Gasteiger partial charge on any atom is -0.273 e. The Balaban J connectivity index is 1.73. The molecule has 25 heavy (non-hydrogen) atoms. The first-order valence-electron chi connectivity index (χ1n) is 7.96. The van der Waals surface area contributed by atoms with Crippen LogP contribution in [0.4, 0.5) is 0 Å². The second-order valence-corrected chi connectivity index (χ2v) is 6.46. The quantitative estimate of drug-likeness (QED) is 0.606. The molecule has 124 valence electrons. The molecule has 0 saturated carbocycles. The molecule has 5 nitrogen and oxygen atoms in total. The predicted octanol–water partition coefficient (Wildman–Crippen LogP) is 4.03. The van der Waals surface area contributed by atoms with Gasteiger partial charge in [-0.25, -0.2) is 14.6 Å². The Kier molecular flexibility index (Phi) is 4.03. The minimum atomic E-state index is -0.273. The number of hydrogen-bond donors (Lipinski definition) is 1. The van der Waals surface area contributed by atoms with Crippen LogP contribution in [0.15, 0.2) is 65.5 Å². The average molecular weight is 348 g/mol. The molecule has 0 bridgehead atoms. The van der Waals surface area contributed by atoms with Crippen LogP contribution in [-0.2, 0) is 4.79 Å². The van der Waals surface area contributed by atoms with Crippen molar-refractivity contribution in [2.45, 2.75) is 12.8 Å². The fourth-order valence-corrected chi connectivity index (χ4v) is 3.26. The number of imidazole rings is 1. The summed E-state index contributed by atoms with van der Waals surface area (Å²) in [5, 5.41) is 1.92. The van der Waals surface area contributed by atoms with Gasteiger partial charge in [0, 0.05) is 5.38 Å². The van der Waals surface area contributed by atoms with E-state index in [1.54, 1.807) is 10.2 Å². The zero-order chi connectivity index (χ0) is 17.2. The molecular weight excluding hydrogens is 332 g/mol. The summed E-state index contributed by atoms with van der Waals surface area (Å²) < 4.78 is 1.73. The molecule has 0 aliphatic carbocycles. The highest BCUT2D eigenvalue weighted by atomic mass is 32.1. The SMILES string of the molecule is CC(C(=O)Nn1c(-c2cscn2)nc2ccccc21)c1ccccc1. The summed E-state index contributed by atoms with van der Waals surface area (Å²) >= 11 is 1.50. The van der Waals surface area contributed by atoms with Crippen molar-refractivity contribution in [1.29, 1.82) is 0 Å². The van der Waals surface area contributed by atoms with Gasteiger partial charge < -0.3 is 0 Å². The molecule has 4 rings (SSSR count). The van der Waals surface area contributed by atoms with Crippen LogP contribution in [0, 0.1) is 0 Å². The molecule has 6 heteroatoms. The molecule has 1 amide bonds. The van der Waals surface area contributed by atoms with E-state index in [4.69, 9.17) is 0 Å². The number of nitrogens with zero attached hydrogens (tertiary/aromatic N) is 3. The van der Waals surface area contributed by atoms with E-state index in [9.17, 15) is 4.79 Å². The summed E-state index contributed by atoms with van der Waals surface area (Å²) in [6.45, 7) is 1.90. The summed E-state index contributed by atoms with van der Waals surface area (Å²) in [5.41, 5.74) is 8.14. The molecular formula is C19H16N4OS. The van der Waals surface area contributed by atoms with Gasteiger partial charge in [-0.3, -0.25) is 10.2 Å². The number of rotatable bonds is 4. The second kappa shape index (κ2) is 6.49. The number of carbonyl (C=O) groups excluding carboxylic acids is 1. The standard InChI is InChI=1S/C19H16N4OS/c1-13(14-7-3-2-4-8-14)19(24)22-23-17-10-6-5-9-15(17)21-18(23)16-11-25-12-20-16/h2-13H,1H3,(H,22,24). The van der Waals surface area contributed by atoms with Gasteiger partial charge in [0.15, 0.2) is 5.82 Å². The molecule has 2 heterocycles. The van der Waals surface area contributed by atoms with E-state index in [0.717, 1.165) is 22.3 Å². The molecule has 4 aromatic rings. The Labute approximate surface area is 149 Å². The van der Waals surface area contributed by atoms with Gasteiger partial charge in [-0.2, -0.15) is 0 Å². The van der Waals surface area contributed by atoms with Gasteiger partial charge in [0.2, 0.25) is 5.91 Å². The van der Waals surface area contributed by atoms with Crippen LogP contribution in [0.3, 0.4) is 0 Å². The lowest BCUT2D eigenvalue weighted by molar-refractivity contribution is -0.118. The second-order valence-electron chi connectivity index (χ2n) is 5.74. The number of carbonyl (C=O) groups is 1. The van der Waals surface area contributed by atoms with Gasteiger partial charge in [-0.1, -0.05) is 42.5 Å². The highest BCUT2D eigenvalue weighted by molar-refractivity contribution is 7.07. The maximum absolute atomic E-state index is 12.8. The van der Waals surface area contributed by atoms with E-state index in [2.05, 4.69) is 15.4 Å². The lowest BCUT2D eigenvalue weighted by Crippen LogP contribution is -2.27. The molecule has 0 spiro atoms. The number of nitrogens with one attached hydrogen (secondary N) is 1. The number of aromatic nitrogens is 3. The van der Waals surface area contributed by atoms with E-state index < -0.39 is 0 Å². The van der Waals surface area contributed by atoms with E-state index in [1.807, 2.05) is 66.9 Å². The van der Waals surface area contributed by atoms with Gasteiger partial charge in [0.05, 0.1) is 22.5 Å². The highest BCUT2D eigenvalue weighted by Gasteiger charge is 2.20. The summed E-state index contributed by atoms with van der Waals surface area (Å²) in [7, 11) is 0. The Morgan fingerprint density at radius 2 is 1.88 bits per heavy atom. The normalized spacial score (nSPS) is 12.2. The highest BCUT2D eigenvalue weighted by Crippen LogP contribution is 2.24. The molecule has 0 aliphatic rings. The van der Waals surface area contributed by atoms with E-state index in [1.165, 1.54) is 11.3 Å². The summed E-state index contributed by atoms with van der Waals surface area (Å²) in [6, 6.07) is 17.4. The monoisotopic (exact) mass is 348 g/mol. The first kappa shape index (κ1) is 15.5. The number of amides is 1. The third kappa shape index (κ3) is 2.92. The Hall–Kier alpha value is -2.99. The number of hydrogen-bond acceptors (Lipinski definition) is 4. The Morgan fingerprint density at radius 1 is 1.12 bits per heavy atom. The van der Waals surface area contributed by atoms with Crippen molar-refractivity contribution >= 4 is 28.3 Å². The van der Waals surface area contributed by atoms with Gasteiger partial charge in [-0.15, -0.1) is 11.3 Å². The van der Waals surface area contributed by atoms with Gasteiger partial charge in [-0.05, 0) is 24.6 Å². The molecule has 1 unspecified atom stereocenters. The molecule has 0 radical (unpaired) electrons. The van der Waals surface area contributed by atoms with Crippen molar-refractivity contribution in [1.82, 2.24) is 14.6 Å². The molecule has 1 atom stereocenters. The van der Waals surface area contributed by atoms with E-state index in [0.29, 0.717) is 5.82 Å². The third-order valence-electron chi connectivity index (χ3n) is 4.14. The zero-order valence-electron chi connectivity index (χ0n) is 13.6. The van der Waals surface area contributed by atoms with Gasteiger partial charge in [0.25, 0.3) is 0 Å². The molecule has 1 N–H and O–H groups in total. The smallest absolute Gasteiger partial charge is 0.246 e. The van der Waals surface area contributed by atoms with Crippen molar-refractivity contribution in [3.05, 3.63) is 71.1 Å².